The van der Waals surface area contributed by atoms with Crippen molar-refractivity contribution < 1.29 is 23.1 Å². The van der Waals surface area contributed by atoms with Crippen molar-refractivity contribution in [2.75, 3.05) is 24.6 Å². The van der Waals surface area contributed by atoms with E-state index in [2.05, 4.69) is 15.1 Å². The van der Waals surface area contributed by atoms with Gasteiger partial charge in [0.1, 0.15) is 36.9 Å². The van der Waals surface area contributed by atoms with Crippen molar-refractivity contribution in [2.45, 2.75) is 18.9 Å². The minimum atomic E-state index is -0.623. The Morgan fingerprint density at radius 1 is 1.18 bits per heavy atom. The lowest BCUT2D eigenvalue weighted by molar-refractivity contribution is -0.141. The summed E-state index contributed by atoms with van der Waals surface area (Å²) < 4.78 is 35.3. The van der Waals surface area contributed by atoms with Crippen molar-refractivity contribution in [3.05, 3.63) is 76.9 Å². The number of aliphatic imine (C=N–C) groups is 1. The van der Waals surface area contributed by atoms with Crippen LogP contribution in [-0.2, 0) is 16.6 Å². The number of aryl methyl sites for hydroxylation is 1. The van der Waals surface area contributed by atoms with Gasteiger partial charge in [-0.25, -0.2) is 13.8 Å². The van der Waals surface area contributed by atoms with Crippen LogP contribution in [0.15, 0.2) is 47.7 Å². The average Bonchev–Trinajstić information content (AvgIpc) is 3.23. The lowest BCUT2D eigenvalue weighted by Crippen LogP contribution is -2.46. The van der Waals surface area contributed by atoms with Crippen molar-refractivity contribution >= 4 is 23.2 Å². The van der Waals surface area contributed by atoms with Gasteiger partial charge in [-0.1, -0.05) is 12.1 Å². The number of hydrogen-bond donors (Lipinski definition) is 0. The minimum absolute atomic E-state index is 0.131. The van der Waals surface area contributed by atoms with Gasteiger partial charge in [0.15, 0.2) is 5.78 Å². The lowest BCUT2D eigenvalue weighted by atomic mass is 9.76. The van der Waals surface area contributed by atoms with Gasteiger partial charge in [0.25, 0.3) is 0 Å². The predicted octanol–water partition coefficient (Wildman–Crippen LogP) is 2.99. The molecule has 2 aliphatic heterocycles. The summed E-state index contributed by atoms with van der Waals surface area (Å²) in [5.74, 6) is -1.89. The number of anilines is 1. The Labute approximate surface area is 193 Å². The summed E-state index contributed by atoms with van der Waals surface area (Å²) >= 11 is 0. The first kappa shape index (κ1) is 21.9. The molecule has 0 saturated carbocycles. The number of halogens is 2. The van der Waals surface area contributed by atoms with E-state index in [1.165, 1.54) is 30.6 Å². The Kier molecular flexibility index (Phi) is 5.43. The molecule has 34 heavy (non-hydrogen) atoms. The number of benzene rings is 2. The molecule has 10 heteroatoms. The van der Waals surface area contributed by atoms with Crippen LogP contribution in [0.25, 0.3) is 0 Å². The number of aromatic nitrogens is 3. The number of hydrogen-bond acceptors (Lipinski definition) is 7. The maximum atomic E-state index is 14.7. The van der Waals surface area contributed by atoms with Crippen molar-refractivity contribution in [1.29, 1.82) is 0 Å². The fourth-order valence-corrected chi connectivity index (χ4v) is 4.77. The van der Waals surface area contributed by atoms with Gasteiger partial charge in [-0.15, -0.1) is 0 Å². The number of esters is 1. The molecule has 0 radical (unpaired) electrons. The van der Waals surface area contributed by atoms with Crippen LogP contribution in [0, 0.1) is 11.6 Å². The number of carbonyl (C=O) groups excluding carboxylic acids is 2. The topological polar surface area (TPSA) is 89.7 Å². The second-order valence-electron chi connectivity index (χ2n) is 8.12. The van der Waals surface area contributed by atoms with Crippen LogP contribution in [0.2, 0.25) is 0 Å². The molecule has 2 aliphatic rings. The molecule has 0 saturated heterocycles. The number of rotatable bonds is 5. The monoisotopic (exact) mass is 465 g/mol. The van der Waals surface area contributed by atoms with Crippen LogP contribution in [0.5, 0.6) is 0 Å². The van der Waals surface area contributed by atoms with Crippen molar-refractivity contribution in [3.63, 3.8) is 0 Å². The highest BCUT2D eigenvalue weighted by molar-refractivity contribution is 6.21. The number of carbonyl (C=O) groups is 2. The van der Waals surface area contributed by atoms with E-state index in [0.29, 0.717) is 28.4 Å². The molecule has 0 N–H and O–H groups in total. The fourth-order valence-electron chi connectivity index (χ4n) is 4.77. The zero-order chi connectivity index (χ0) is 24.0. The van der Waals surface area contributed by atoms with Gasteiger partial charge in [-0.2, -0.15) is 5.10 Å². The molecule has 0 spiro atoms. The summed E-state index contributed by atoms with van der Waals surface area (Å²) in [6.07, 6.45) is 1.41. The molecule has 0 fully saturated rings. The largest absolute Gasteiger partial charge is 0.465 e. The highest BCUT2D eigenvalue weighted by atomic mass is 19.1. The fraction of sp³-hybridized carbons (Fsp3) is 0.292. The summed E-state index contributed by atoms with van der Waals surface area (Å²) in [5.41, 5.74) is 2.24. The SMILES string of the molecule is CCOC(=O)CN1c2cc(F)cc3c2C(=NCC3=O)[C@H](c2ncnn2C)[C@H]1c1ccc(F)cc1. The molecule has 1 aromatic heterocycles. The summed E-state index contributed by atoms with van der Waals surface area (Å²) in [4.78, 5) is 36.1. The summed E-state index contributed by atoms with van der Waals surface area (Å²) in [7, 11) is 1.73. The van der Waals surface area contributed by atoms with Crippen LogP contribution in [0.1, 0.15) is 46.2 Å². The van der Waals surface area contributed by atoms with Crippen LogP contribution in [0.3, 0.4) is 0 Å². The maximum absolute atomic E-state index is 14.7. The van der Waals surface area contributed by atoms with E-state index in [1.54, 1.807) is 35.7 Å². The molecule has 3 heterocycles. The summed E-state index contributed by atoms with van der Waals surface area (Å²) in [5, 5.41) is 4.20. The smallest absolute Gasteiger partial charge is 0.325 e. The standard InChI is InChI=1S/C24H21F2N5O3/c1-3-34-19(33)11-31-17-9-15(26)8-16-18(32)10-27-22(20(16)17)21(24-28-12-29-30(24)2)23(31)13-4-6-14(25)7-5-13/h4-9,12,21,23H,3,10-11H2,1-2H3/t21-,23+/m0/s1. The normalized spacial score (nSPS) is 19.0. The molecule has 5 rings (SSSR count). The molecule has 0 amide bonds. The first-order valence-corrected chi connectivity index (χ1v) is 10.8. The third kappa shape index (κ3) is 3.55. The highest BCUT2D eigenvalue weighted by Crippen LogP contribution is 2.48. The van der Waals surface area contributed by atoms with Crippen LogP contribution < -0.4 is 4.90 Å². The van der Waals surface area contributed by atoms with E-state index in [-0.39, 0.29) is 31.0 Å². The van der Waals surface area contributed by atoms with Gasteiger partial charge < -0.3 is 9.64 Å². The summed E-state index contributed by atoms with van der Waals surface area (Å²) in [6.45, 7) is 1.52. The van der Waals surface area contributed by atoms with Gasteiger partial charge in [0, 0.05) is 18.2 Å². The van der Waals surface area contributed by atoms with Crippen molar-refractivity contribution in [1.82, 2.24) is 14.8 Å². The van der Waals surface area contributed by atoms with E-state index in [0.717, 1.165) is 0 Å². The predicted molar refractivity (Wildman–Crippen MR) is 119 cm³/mol. The maximum Gasteiger partial charge on any atom is 0.325 e. The molecule has 174 valence electrons. The molecule has 0 aliphatic carbocycles. The van der Waals surface area contributed by atoms with Gasteiger partial charge in [0.2, 0.25) is 0 Å². The number of nitrogens with zero attached hydrogens (tertiary/aromatic N) is 5. The second-order valence-corrected chi connectivity index (χ2v) is 8.12. The lowest BCUT2D eigenvalue weighted by Gasteiger charge is -2.45. The molecule has 2 aromatic carbocycles. The molecular formula is C24H21F2N5O3. The molecule has 3 aromatic rings. The molecule has 2 atom stereocenters. The van der Waals surface area contributed by atoms with Gasteiger partial charge >= 0.3 is 5.97 Å². The van der Waals surface area contributed by atoms with Gasteiger partial charge in [-0.3, -0.25) is 19.3 Å². The first-order valence-electron chi connectivity index (χ1n) is 10.8. The van der Waals surface area contributed by atoms with Gasteiger partial charge in [0.05, 0.1) is 30.0 Å². The van der Waals surface area contributed by atoms with Crippen LogP contribution in [-0.4, -0.2) is 51.9 Å². The van der Waals surface area contributed by atoms with E-state index < -0.39 is 29.6 Å². The third-order valence-corrected chi connectivity index (χ3v) is 6.13. The molecular weight excluding hydrogens is 444 g/mol. The Hall–Kier alpha value is -3.95. The summed E-state index contributed by atoms with van der Waals surface area (Å²) in [6, 6.07) is 7.74. The highest BCUT2D eigenvalue weighted by Gasteiger charge is 2.46. The zero-order valence-electron chi connectivity index (χ0n) is 18.5. The van der Waals surface area contributed by atoms with Crippen molar-refractivity contribution in [3.8, 4) is 0 Å². The molecule has 0 unspecified atom stereocenters. The second kappa shape index (κ2) is 8.44. The first-order chi connectivity index (χ1) is 16.4. The number of ether oxygens (including phenoxy) is 1. The Morgan fingerprint density at radius 2 is 1.94 bits per heavy atom. The zero-order valence-corrected chi connectivity index (χ0v) is 18.5. The number of Topliss-reactive ketones (excluding diaryl/α,β-unsaturated/α-hetero) is 1. The van der Waals surface area contributed by atoms with Crippen LogP contribution >= 0.6 is 0 Å². The Balaban J connectivity index is 1.81. The third-order valence-electron chi connectivity index (χ3n) is 6.13. The Morgan fingerprint density at radius 3 is 2.62 bits per heavy atom. The average molecular weight is 465 g/mol. The molecule has 8 nitrogen and oxygen atoms in total. The number of ketones is 1. The minimum Gasteiger partial charge on any atom is -0.465 e. The Bertz CT molecular complexity index is 1320. The van der Waals surface area contributed by atoms with E-state index in [1.807, 2.05) is 0 Å². The van der Waals surface area contributed by atoms with E-state index in [9.17, 15) is 18.4 Å². The van der Waals surface area contributed by atoms with Crippen LogP contribution in [0.4, 0.5) is 14.5 Å². The van der Waals surface area contributed by atoms with E-state index in [4.69, 9.17) is 4.74 Å². The molecule has 0 bridgehead atoms. The van der Waals surface area contributed by atoms with Crippen molar-refractivity contribution in [2.24, 2.45) is 12.0 Å². The van der Waals surface area contributed by atoms with E-state index >= 15 is 0 Å². The van der Waals surface area contributed by atoms with Gasteiger partial charge in [-0.05, 0) is 36.8 Å². The quantitative estimate of drug-likeness (QED) is 0.539.